The van der Waals surface area contributed by atoms with Gasteiger partial charge < -0.3 is 9.84 Å². The lowest BCUT2D eigenvalue weighted by molar-refractivity contribution is -0.138. The number of hydrogen-bond donors (Lipinski definition) is 1. The molecule has 2 aliphatic heterocycles. The van der Waals surface area contributed by atoms with Gasteiger partial charge >= 0.3 is 5.97 Å². The van der Waals surface area contributed by atoms with Crippen molar-refractivity contribution >= 4 is 27.3 Å². The average Bonchev–Trinajstić information content (AvgIpc) is 3.08. The van der Waals surface area contributed by atoms with E-state index in [1.165, 1.54) is 16.0 Å². The number of aliphatic carboxylic acids is 1. The number of rotatable bonds is 4. The molecule has 7 nitrogen and oxygen atoms in total. The summed E-state index contributed by atoms with van der Waals surface area (Å²) in [7, 11) is -3.63. The SMILES string of the molecule is O=C(O)CC1CN(S(=O)(=O)c2cncs2)C2(CCOCC2)C1. The Morgan fingerprint density at radius 3 is 2.82 bits per heavy atom. The maximum Gasteiger partial charge on any atom is 0.303 e. The summed E-state index contributed by atoms with van der Waals surface area (Å²) in [5.74, 6) is -1.04. The van der Waals surface area contributed by atoms with E-state index in [-0.39, 0.29) is 23.1 Å². The van der Waals surface area contributed by atoms with Gasteiger partial charge in [-0.3, -0.25) is 9.78 Å². The van der Waals surface area contributed by atoms with E-state index in [9.17, 15) is 13.2 Å². The number of nitrogens with zero attached hydrogens (tertiary/aromatic N) is 2. The van der Waals surface area contributed by atoms with Crippen LogP contribution in [-0.2, 0) is 19.6 Å². The van der Waals surface area contributed by atoms with Gasteiger partial charge in [-0.1, -0.05) is 0 Å². The van der Waals surface area contributed by atoms with Gasteiger partial charge in [0.25, 0.3) is 10.0 Å². The summed E-state index contributed by atoms with van der Waals surface area (Å²) >= 11 is 1.09. The summed E-state index contributed by atoms with van der Waals surface area (Å²) < 4.78 is 32.9. The topological polar surface area (TPSA) is 96.8 Å². The Kier molecular flexibility index (Phi) is 4.23. The summed E-state index contributed by atoms with van der Waals surface area (Å²) in [4.78, 5) is 14.9. The Hall–Kier alpha value is -1.03. The molecule has 3 heterocycles. The molecule has 1 atom stereocenters. The van der Waals surface area contributed by atoms with E-state index in [1.54, 1.807) is 0 Å². The summed E-state index contributed by atoms with van der Waals surface area (Å²) in [6, 6.07) is 0. The van der Waals surface area contributed by atoms with Gasteiger partial charge in [0.15, 0.2) is 4.21 Å². The van der Waals surface area contributed by atoms with Crippen LogP contribution in [0.2, 0.25) is 0 Å². The summed E-state index contributed by atoms with van der Waals surface area (Å²) in [6.45, 7) is 1.27. The summed E-state index contributed by atoms with van der Waals surface area (Å²) in [5, 5.41) is 9.03. The second-order valence-corrected chi connectivity index (χ2v) is 8.84. The zero-order valence-corrected chi connectivity index (χ0v) is 13.6. The van der Waals surface area contributed by atoms with Gasteiger partial charge in [-0.05, 0) is 25.2 Å². The maximum absolute atomic E-state index is 12.9. The van der Waals surface area contributed by atoms with Crippen LogP contribution in [0.4, 0.5) is 0 Å². The molecule has 2 fully saturated rings. The molecule has 0 aromatic carbocycles. The van der Waals surface area contributed by atoms with Gasteiger partial charge in [0.1, 0.15) is 0 Å². The van der Waals surface area contributed by atoms with Crippen LogP contribution >= 0.6 is 11.3 Å². The van der Waals surface area contributed by atoms with Gasteiger partial charge in [-0.25, -0.2) is 8.42 Å². The van der Waals surface area contributed by atoms with Crippen LogP contribution in [0.5, 0.6) is 0 Å². The van der Waals surface area contributed by atoms with Gasteiger partial charge in [0.2, 0.25) is 0 Å². The Bertz CT molecular complexity index is 637. The zero-order chi connectivity index (χ0) is 15.8. The zero-order valence-electron chi connectivity index (χ0n) is 12.0. The van der Waals surface area contributed by atoms with Crippen LogP contribution in [0.15, 0.2) is 15.9 Å². The molecule has 1 aromatic rings. The molecular weight excluding hydrogens is 328 g/mol. The molecule has 3 rings (SSSR count). The van der Waals surface area contributed by atoms with Crippen molar-refractivity contribution in [2.75, 3.05) is 19.8 Å². The third-order valence-electron chi connectivity index (χ3n) is 4.46. The van der Waals surface area contributed by atoms with Crippen molar-refractivity contribution in [2.45, 2.75) is 35.4 Å². The van der Waals surface area contributed by atoms with Crippen LogP contribution in [0.25, 0.3) is 0 Å². The van der Waals surface area contributed by atoms with E-state index in [4.69, 9.17) is 9.84 Å². The van der Waals surface area contributed by atoms with E-state index in [2.05, 4.69) is 4.98 Å². The van der Waals surface area contributed by atoms with E-state index in [0.29, 0.717) is 32.5 Å². The molecule has 0 saturated carbocycles. The highest BCUT2D eigenvalue weighted by atomic mass is 32.2. The first-order chi connectivity index (χ1) is 10.4. The fourth-order valence-electron chi connectivity index (χ4n) is 3.51. The molecule has 1 unspecified atom stereocenters. The fourth-order valence-corrected chi connectivity index (χ4v) is 6.33. The van der Waals surface area contributed by atoms with Crippen LogP contribution in [-0.4, -0.2) is 54.1 Å². The highest BCUT2D eigenvalue weighted by Gasteiger charge is 2.52. The Balaban J connectivity index is 1.94. The lowest BCUT2D eigenvalue weighted by Gasteiger charge is -2.40. The van der Waals surface area contributed by atoms with Gasteiger partial charge in [-0.15, -0.1) is 11.3 Å². The molecule has 2 saturated heterocycles. The van der Waals surface area contributed by atoms with Crippen molar-refractivity contribution in [2.24, 2.45) is 5.92 Å². The molecule has 1 spiro atoms. The predicted molar refractivity (Wildman–Crippen MR) is 79.1 cm³/mol. The molecule has 1 aromatic heterocycles. The molecule has 1 N–H and O–H groups in total. The number of aromatic nitrogens is 1. The summed E-state index contributed by atoms with van der Waals surface area (Å²) in [5.41, 5.74) is 0.982. The van der Waals surface area contributed by atoms with Crippen LogP contribution in [0.3, 0.4) is 0 Å². The minimum atomic E-state index is -3.63. The van der Waals surface area contributed by atoms with E-state index in [1.807, 2.05) is 0 Å². The first kappa shape index (κ1) is 15.9. The third-order valence-corrected chi connectivity index (χ3v) is 7.68. The van der Waals surface area contributed by atoms with E-state index >= 15 is 0 Å². The van der Waals surface area contributed by atoms with Gasteiger partial charge in [0, 0.05) is 31.7 Å². The van der Waals surface area contributed by atoms with Gasteiger partial charge in [0.05, 0.1) is 11.7 Å². The monoisotopic (exact) mass is 346 g/mol. The first-order valence-electron chi connectivity index (χ1n) is 7.15. The standard InChI is InChI=1S/C13H18N2O5S2/c16-11(17)5-10-6-13(1-3-20-4-2-13)15(8-10)22(18,19)12-7-14-9-21-12/h7,9-10H,1-6,8H2,(H,16,17). The average molecular weight is 346 g/mol. The molecular formula is C13H18N2O5S2. The van der Waals surface area contributed by atoms with Crippen LogP contribution < -0.4 is 0 Å². The van der Waals surface area contributed by atoms with Crippen molar-refractivity contribution < 1.29 is 23.1 Å². The number of ether oxygens (including phenoxy) is 1. The second-order valence-electron chi connectivity index (χ2n) is 5.86. The predicted octanol–water partition coefficient (Wildman–Crippen LogP) is 1.18. The van der Waals surface area contributed by atoms with Crippen molar-refractivity contribution in [3.8, 4) is 0 Å². The maximum atomic E-state index is 12.9. The van der Waals surface area contributed by atoms with Gasteiger partial charge in [-0.2, -0.15) is 4.31 Å². The van der Waals surface area contributed by atoms with Crippen molar-refractivity contribution in [1.29, 1.82) is 0 Å². The normalized spacial score (nSPS) is 25.5. The molecule has 22 heavy (non-hydrogen) atoms. The first-order valence-corrected chi connectivity index (χ1v) is 9.47. The number of carbonyl (C=O) groups is 1. The molecule has 122 valence electrons. The fraction of sp³-hybridized carbons (Fsp3) is 0.692. The largest absolute Gasteiger partial charge is 0.481 e. The minimum absolute atomic E-state index is 0.00266. The van der Waals surface area contributed by atoms with Crippen molar-refractivity contribution in [3.05, 3.63) is 11.7 Å². The van der Waals surface area contributed by atoms with E-state index in [0.717, 1.165) is 11.3 Å². The number of carboxylic acids is 1. The molecule has 2 aliphatic rings. The smallest absolute Gasteiger partial charge is 0.303 e. The quantitative estimate of drug-likeness (QED) is 0.879. The second kappa shape index (κ2) is 5.88. The number of hydrogen-bond acceptors (Lipinski definition) is 6. The highest BCUT2D eigenvalue weighted by molar-refractivity contribution is 7.91. The Morgan fingerprint density at radius 1 is 1.50 bits per heavy atom. The molecule has 0 bridgehead atoms. The lowest BCUT2D eigenvalue weighted by Crippen LogP contribution is -2.50. The lowest BCUT2D eigenvalue weighted by atomic mass is 9.85. The number of sulfonamides is 1. The molecule has 0 radical (unpaired) electrons. The number of carboxylic acid groups (broad SMARTS) is 1. The van der Waals surface area contributed by atoms with Crippen molar-refractivity contribution in [3.63, 3.8) is 0 Å². The van der Waals surface area contributed by atoms with E-state index < -0.39 is 21.5 Å². The minimum Gasteiger partial charge on any atom is -0.481 e. The Labute approximate surface area is 133 Å². The number of thiazole rings is 1. The third kappa shape index (κ3) is 2.78. The Morgan fingerprint density at radius 2 is 2.23 bits per heavy atom. The summed E-state index contributed by atoms with van der Waals surface area (Å²) in [6.07, 6.45) is 3.16. The molecule has 9 heteroatoms. The highest BCUT2D eigenvalue weighted by Crippen LogP contribution is 2.45. The molecule has 0 aliphatic carbocycles. The van der Waals surface area contributed by atoms with Crippen LogP contribution in [0.1, 0.15) is 25.7 Å². The van der Waals surface area contributed by atoms with Crippen molar-refractivity contribution in [1.82, 2.24) is 9.29 Å². The molecule has 0 amide bonds. The van der Waals surface area contributed by atoms with Crippen LogP contribution in [0, 0.1) is 5.92 Å².